The van der Waals surface area contributed by atoms with Gasteiger partial charge in [-0.2, -0.15) is 0 Å². The summed E-state index contributed by atoms with van der Waals surface area (Å²) < 4.78 is 6.90. The first-order valence-corrected chi connectivity index (χ1v) is 12.0. The van der Waals surface area contributed by atoms with E-state index < -0.39 is 12.0 Å². The van der Waals surface area contributed by atoms with E-state index in [0.717, 1.165) is 41.4 Å². The summed E-state index contributed by atoms with van der Waals surface area (Å²) in [4.78, 5) is 32.2. The van der Waals surface area contributed by atoms with Gasteiger partial charge in [0.2, 0.25) is 11.8 Å². The van der Waals surface area contributed by atoms with Gasteiger partial charge in [0.15, 0.2) is 0 Å². The largest absolute Gasteiger partial charge is 0.491 e. The molecule has 10 heteroatoms. The minimum absolute atomic E-state index is 0.110. The minimum atomic E-state index is -0.605. The summed E-state index contributed by atoms with van der Waals surface area (Å²) in [6.45, 7) is 6.00. The van der Waals surface area contributed by atoms with E-state index in [1.807, 2.05) is 25.1 Å². The zero-order valence-electron chi connectivity index (χ0n) is 19.1. The van der Waals surface area contributed by atoms with Gasteiger partial charge >= 0.3 is 0 Å². The van der Waals surface area contributed by atoms with E-state index >= 15 is 0 Å². The number of nitrogens with one attached hydrogen (secondary N) is 1. The first-order valence-electron chi connectivity index (χ1n) is 11.2. The topological polar surface area (TPSA) is 121 Å². The van der Waals surface area contributed by atoms with Crippen LogP contribution in [0.4, 0.5) is 5.69 Å². The molecule has 0 aliphatic carbocycles. The number of hydrogen-bond acceptors (Lipinski definition) is 8. The Morgan fingerprint density at radius 1 is 1.15 bits per heavy atom. The first-order chi connectivity index (χ1) is 16.4. The quantitative estimate of drug-likeness (QED) is 0.424. The number of primary amides is 1. The van der Waals surface area contributed by atoms with E-state index in [9.17, 15) is 14.7 Å². The number of thiazole rings is 1. The van der Waals surface area contributed by atoms with E-state index in [2.05, 4.69) is 20.1 Å². The Balaban J connectivity index is 1.16. The van der Waals surface area contributed by atoms with Gasteiger partial charge in [0.25, 0.3) is 0 Å². The molecule has 1 aromatic heterocycles. The molecule has 1 atom stereocenters. The van der Waals surface area contributed by atoms with E-state index in [1.54, 1.807) is 35.6 Å². The van der Waals surface area contributed by atoms with Crippen molar-refractivity contribution in [3.63, 3.8) is 0 Å². The highest BCUT2D eigenvalue weighted by Crippen LogP contribution is 2.25. The maximum absolute atomic E-state index is 12.3. The van der Waals surface area contributed by atoms with Crippen LogP contribution in [-0.4, -0.2) is 83.7 Å². The van der Waals surface area contributed by atoms with Crippen molar-refractivity contribution in [2.75, 3.05) is 51.2 Å². The molecular weight excluding hydrogens is 454 g/mol. The molecule has 0 spiro atoms. The van der Waals surface area contributed by atoms with Gasteiger partial charge in [0, 0.05) is 50.0 Å². The highest BCUT2D eigenvalue weighted by Gasteiger charge is 2.21. The Hall–Kier alpha value is -3.05. The Bertz CT molecular complexity index is 1140. The molecule has 0 unspecified atom stereocenters. The van der Waals surface area contributed by atoms with Gasteiger partial charge in [-0.05, 0) is 43.3 Å². The van der Waals surface area contributed by atoms with Crippen LogP contribution in [0.1, 0.15) is 15.4 Å². The van der Waals surface area contributed by atoms with E-state index in [1.165, 1.54) is 0 Å². The van der Waals surface area contributed by atoms with E-state index in [-0.39, 0.29) is 19.1 Å². The monoisotopic (exact) mass is 483 g/mol. The number of rotatable bonds is 9. The Kier molecular flexibility index (Phi) is 7.73. The van der Waals surface area contributed by atoms with Crippen LogP contribution in [0.15, 0.2) is 42.5 Å². The fourth-order valence-corrected chi connectivity index (χ4v) is 4.71. The van der Waals surface area contributed by atoms with Gasteiger partial charge in [-0.3, -0.25) is 19.4 Å². The van der Waals surface area contributed by atoms with Crippen LogP contribution in [-0.2, 0) is 4.79 Å². The predicted octanol–water partition coefficient (Wildman–Crippen LogP) is 1.70. The number of benzene rings is 2. The molecule has 0 bridgehead atoms. The molecule has 0 saturated carbocycles. The molecule has 3 aromatic rings. The second-order valence-electron chi connectivity index (χ2n) is 8.39. The summed E-state index contributed by atoms with van der Waals surface area (Å²) >= 11 is 1.65. The number of anilines is 1. The molecule has 1 aliphatic rings. The fraction of sp³-hybridized carbons (Fsp3) is 0.375. The number of aliphatic hydroxyl groups excluding tert-OH is 1. The zero-order valence-corrected chi connectivity index (χ0v) is 19.9. The van der Waals surface area contributed by atoms with Crippen molar-refractivity contribution in [3.05, 3.63) is 53.0 Å². The van der Waals surface area contributed by atoms with Gasteiger partial charge in [0.05, 0.1) is 21.8 Å². The van der Waals surface area contributed by atoms with Crippen LogP contribution >= 0.6 is 11.3 Å². The third kappa shape index (κ3) is 6.51. The van der Waals surface area contributed by atoms with Crippen molar-refractivity contribution in [1.82, 2.24) is 14.8 Å². The lowest BCUT2D eigenvalue weighted by molar-refractivity contribution is -0.117. The number of hydrogen-bond donors (Lipinski definition) is 3. The molecule has 1 fully saturated rings. The van der Waals surface area contributed by atoms with Crippen LogP contribution in [0.3, 0.4) is 0 Å². The summed E-state index contributed by atoms with van der Waals surface area (Å²) in [5.41, 5.74) is 7.17. The molecule has 2 amide bonds. The number of nitrogens with zero attached hydrogens (tertiary/aromatic N) is 3. The van der Waals surface area contributed by atoms with Gasteiger partial charge in [-0.15, -0.1) is 11.3 Å². The number of aryl methyl sites for hydroxylation is 1. The highest BCUT2D eigenvalue weighted by molar-refractivity contribution is 7.18. The molecule has 2 aromatic carbocycles. The number of aromatic nitrogens is 1. The SMILES string of the molecule is Cc1nc2cc(OC[C@H](O)CN3CCN(CC(=O)Nc4ccc(C(N)=O)cc4)CC3)ccc2s1. The van der Waals surface area contributed by atoms with E-state index in [4.69, 9.17) is 10.5 Å². The molecule has 1 saturated heterocycles. The highest BCUT2D eigenvalue weighted by atomic mass is 32.1. The molecule has 1 aliphatic heterocycles. The number of carbonyl (C=O) groups excluding carboxylic acids is 2. The number of carbonyl (C=O) groups is 2. The van der Waals surface area contributed by atoms with Crippen molar-refractivity contribution in [3.8, 4) is 5.75 Å². The lowest BCUT2D eigenvalue weighted by atomic mass is 10.2. The Morgan fingerprint density at radius 2 is 1.85 bits per heavy atom. The second-order valence-corrected chi connectivity index (χ2v) is 9.63. The smallest absolute Gasteiger partial charge is 0.248 e. The van der Waals surface area contributed by atoms with Crippen molar-refractivity contribution < 1.29 is 19.4 Å². The molecular formula is C24H29N5O4S. The number of amides is 2. The molecule has 0 radical (unpaired) electrons. The summed E-state index contributed by atoms with van der Waals surface area (Å²) in [7, 11) is 0. The van der Waals surface area contributed by atoms with Gasteiger partial charge < -0.3 is 20.9 Å². The summed E-state index contributed by atoms with van der Waals surface area (Å²) in [6.07, 6.45) is -0.605. The van der Waals surface area contributed by atoms with Crippen molar-refractivity contribution in [1.29, 1.82) is 0 Å². The number of nitrogens with two attached hydrogens (primary N) is 1. The molecule has 34 heavy (non-hydrogen) atoms. The average molecular weight is 484 g/mol. The number of ether oxygens (including phenoxy) is 1. The van der Waals surface area contributed by atoms with Gasteiger partial charge in [-0.1, -0.05) is 0 Å². The zero-order chi connectivity index (χ0) is 24.1. The molecule has 4 rings (SSSR count). The lowest BCUT2D eigenvalue weighted by Crippen LogP contribution is -2.50. The molecule has 9 nitrogen and oxygen atoms in total. The van der Waals surface area contributed by atoms with Crippen molar-refractivity contribution in [2.45, 2.75) is 13.0 Å². The Morgan fingerprint density at radius 3 is 2.56 bits per heavy atom. The average Bonchev–Trinajstić information content (AvgIpc) is 3.18. The standard InChI is InChI=1S/C24H29N5O4S/c1-16-26-21-12-20(6-7-22(21)34-16)33-15-19(30)13-28-8-10-29(11-9-28)14-23(31)27-18-4-2-17(3-5-18)24(25)32/h2-7,12,19,30H,8-11,13-15H2,1H3,(H2,25,32)(H,27,31)/t19-/m1/s1. The second kappa shape index (κ2) is 10.9. The number of aliphatic hydroxyl groups is 1. The molecule has 180 valence electrons. The van der Waals surface area contributed by atoms with E-state index in [0.29, 0.717) is 23.5 Å². The third-order valence-electron chi connectivity index (χ3n) is 5.66. The maximum Gasteiger partial charge on any atom is 0.248 e. The fourth-order valence-electron chi connectivity index (χ4n) is 3.91. The van der Waals surface area contributed by atoms with Crippen LogP contribution in [0, 0.1) is 6.92 Å². The predicted molar refractivity (Wildman–Crippen MR) is 132 cm³/mol. The van der Waals surface area contributed by atoms with Crippen LogP contribution in [0.2, 0.25) is 0 Å². The van der Waals surface area contributed by atoms with Crippen molar-refractivity contribution in [2.24, 2.45) is 5.73 Å². The van der Waals surface area contributed by atoms with Gasteiger partial charge in [-0.25, -0.2) is 4.98 Å². The van der Waals surface area contributed by atoms with Gasteiger partial charge in [0.1, 0.15) is 18.5 Å². The summed E-state index contributed by atoms with van der Waals surface area (Å²) in [5.74, 6) is 0.0950. The summed E-state index contributed by atoms with van der Waals surface area (Å²) in [6, 6.07) is 12.3. The molecule has 2 heterocycles. The molecule has 4 N–H and O–H groups in total. The van der Waals surface area contributed by atoms with Crippen LogP contribution in [0.5, 0.6) is 5.75 Å². The summed E-state index contributed by atoms with van der Waals surface area (Å²) in [5, 5.41) is 14.3. The maximum atomic E-state index is 12.3. The van der Waals surface area contributed by atoms with Crippen LogP contribution < -0.4 is 15.8 Å². The first kappa shape index (κ1) is 24.1. The number of piperazine rings is 1. The Labute approximate surface area is 202 Å². The number of β-amino-alcohol motifs (C(OH)–C–C–N with tert-alkyl or cyclic N) is 1. The normalized spacial score (nSPS) is 15.8. The van der Waals surface area contributed by atoms with Crippen molar-refractivity contribution >= 4 is 39.1 Å². The minimum Gasteiger partial charge on any atom is -0.491 e. The number of fused-ring (bicyclic) bond motifs is 1. The lowest BCUT2D eigenvalue weighted by Gasteiger charge is -2.35. The van der Waals surface area contributed by atoms with Crippen LogP contribution in [0.25, 0.3) is 10.2 Å². The third-order valence-corrected chi connectivity index (χ3v) is 6.61.